The molecular weight excluding hydrogens is 332 g/mol. The maximum atomic E-state index is 9.92. The molecule has 1 aliphatic heterocycles. The summed E-state index contributed by atoms with van der Waals surface area (Å²) in [6, 6.07) is 32.0. The first-order chi connectivity index (χ1) is 13.3. The number of piperidine rings is 1. The molecule has 0 saturated carbocycles. The summed E-state index contributed by atoms with van der Waals surface area (Å²) >= 11 is 0. The lowest BCUT2D eigenvalue weighted by Crippen LogP contribution is -3.11. The Morgan fingerprint density at radius 1 is 0.741 bits per heavy atom. The smallest absolute Gasteiger partial charge is 0.126 e. The fraction of sp³-hybridized carbons (Fsp3) is 0.208. The molecule has 3 aromatic rings. The Bertz CT molecular complexity index is 893. The highest BCUT2D eigenvalue weighted by atomic mass is 16.4. The number of hydrogen-bond donors (Lipinski definition) is 2. The fourth-order valence-electron chi connectivity index (χ4n) is 4.50. The Balaban J connectivity index is 1.84. The van der Waals surface area contributed by atoms with Crippen LogP contribution in [0.25, 0.3) is 0 Å². The maximum absolute atomic E-state index is 9.92. The average molecular weight is 357 g/mol. The van der Waals surface area contributed by atoms with Gasteiger partial charge in [-0.2, -0.15) is 0 Å². The van der Waals surface area contributed by atoms with Crippen LogP contribution in [-0.2, 0) is 0 Å². The van der Waals surface area contributed by atoms with Gasteiger partial charge < -0.3 is 10.1 Å². The third-order valence-corrected chi connectivity index (χ3v) is 5.79. The van der Waals surface area contributed by atoms with Crippen LogP contribution in [0.5, 0.6) is 0 Å². The lowest BCUT2D eigenvalue weighted by molar-refractivity contribution is -0.946. The normalized spacial score (nSPS) is 26.8. The molecule has 0 aliphatic carbocycles. The van der Waals surface area contributed by atoms with Crippen LogP contribution >= 0.6 is 0 Å². The van der Waals surface area contributed by atoms with Crippen molar-refractivity contribution in [3.05, 3.63) is 108 Å². The second-order valence-electron chi connectivity index (χ2n) is 7.28. The molecule has 3 nitrogen and oxygen atoms in total. The molecule has 0 spiro atoms. The summed E-state index contributed by atoms with van der Waals surface area (Å²) in [6.45, 7) is 0. The van der Waals surface area contributed by atoms with Gasteiger partial charge in [0.15, 0.2) is 0 Å². The summed E-state index contributed by atoms with van der Waals surface area (Å²) in [5.74, 6) is 0.0542. The number of nitrogens with one attached hydrogen (secondary N) is 1. The molecule has 0 amide bonds. The number of benzene rings is 3. The Hall–Kier alpha value is -2.91. The second kappa shape index (κ2) is 7.77. The minimum Gasteiger partial charge on any atom is -0.411 e. The van der Waals surface area contributed by atoms with E-state index in [2.05, 4.69) is 91.1 Å². The van der Waals surface area contributed by atoms with Gasteiger partial charge in [0.05, 0.1) is 18.7 Å². The summed E-state index contributed by atoms with van der Waals surface area (Å²) in [6.07, 6.45) is 0.745. The number of oxime groups is 1. The zero-order chi connectivity index (χ0) is 18.6. The Morgan fingerprint density at radius 2 is 1.22 bits per heavy atom. The summed E-state index contributed by atoms with van der Waals surface area (Å²) in [7, 11) is 2.26. The molecule has 1 unspecified atom stereocenters. The zero-order valence-electron chi connectivity index (χ0n) is 15.5. The van der Waals surface area contributed by atoms with Gasteiger partial charge in [0, 0.05) is 17.5 Å². The number of likely N-dealkylation sites (N-methyl/N-ethyl adjacent to an activating group) is 1. The van der Waals surface area contributed by atoms with Crippen molar-refractivity contribution in [1.82, 2.24) is 0 Å². The van der Waals surface area contributed by atoms with E-state index in [4.69, 9.17) is 0 Å². The van der Waals surface area contributed by atoms with E-state index in [0.717, 1.165) is 12.1 Å². The Morgan fingerprint density at radius 3 is 1.74 bits per heavy atom. The van der Waals surface area contributed by atoms with Crippen LogP contribution in [0.1, 0.15) is 41.1 Å². The highest BCUT2D eigenvalue weighted by Crippen LogP contribution is 2.37. The zero-order valence-corrected chi connectivity index (χ0v) is 15.5. The number of likely N-dealkylation sites (tertiary alicyclic amines) is 1. The molecule has 1 heterocycles. The molecule has 136 valence electrons. The third kappa shape index (κ3) is 3.38. The Kier molecular flexibility index (Phi) is 5.03. The Labute approximate surface area is 160 Å². The molecule has 3 aromatic carbocycles. The van der Waals surface area contributed by atoms with Gasteiger partial charge in [0.25, 0.3) is 0 Å². The predicted octanol–water partition coefficient (Wildman–Crippen LogP) is 4.00. The van der Waals surface area contributed by atoms with E-state index < -0.39 is 0 Å². The molecule has 0 bridgehead atoms. The molecule has 4 atom stereocenters. The standard InChI is InChI=1S/C24H24N2O/c1-26-22(18-11-5-2-6-12-18)17-21(25-27)23(19-13-7-3-8-14-19)24(26)20-15-9-4-10-16-20/h2-16,22-24,27H,17H2,1H3/p+1/b25-21-/t22-,23-,24-/m0/s1. The topological polar surface area (TPSA) is 37.0 Å². The van der Waals surface area contributed by atoms with Crippen molar-refractivity contribution in [3.8, 4) is 0 Å². The highest BCUT2D eigenvalue weighted by Gasteiger charge is 2.45. The summed E-state index contributed by atoms with van der Waals surface area (Å²) in [4.78, 5) is 1.42. The first kappa shape index (κ1) is 17.5. The van der Waals surface area contributed by atoms with Gasteiger partial charge in [-0.15, -0.1) is 0 Å². The van der Waals surface area contributed by atoms with Gasteiger partial charge in [0.2, 0.25) is 0 Å². The van der Waals surface area contributed by atoms with Crippen molar-refractivity contribution < 1.29 is 10.1 Å². The molecular formula is C24H25N2O+. The van der Waals surface area contributed by atoms with Crippen LogP contribution in [0, 0.1) is 0 Å². The number of rotatable bonds is 3. The number of nitrogens with zero attached hydrogens (tertiary/aromatic N) is 1. The molecule has 4 rings (SSSR count). The minimum absolute atomic E-state index is 0.0542. The van der Waals surface area contributed by atoms with Crippen molar-refractivity contribution in [1.29, 1.82) is 0 Å². The van der Waals surface area contributed by atoms with Gasteiger partial charge in [-0.05, 0) is 5.56 Å². The quantitative estimate of drug-likeness (QED) is 0.539. The lowest BCUT2D eigenvalue weighted by atomic mass is 9.75. The van der Waals surface area contributed by atoms with Crippen molar-refractivity contribution in [2.24, 2.45) is 5.16 Å². The van der Waals surface area contributed by atoms with Gasteiger partial charge in [-0.1, -0.05) is 96.2 Å². The molecule has 27 heavy (non-hydrogen) atoms. The van der Waals surface area contributed by atoms with E-state index >= 15 is 0 Å². The summed E-state index contributed by atoms with van der Waals surface area (Å²) < 4.78 is 0. The SMILES string of the molecule is C[NH+]1[C@H](c2ccccc2)C/C(=N/O)[C@H](c2ccccc2)[C@@H]1c1ccccc1. The molecule has 1 saturated heterocycles. The third-order valence-electron chi connectivity index (χ3n) is 5.79. The van der Waals surface area contributed by atoms with Gasteiger partial charge >= 0.3 is 0 Å². The largest absolute Gasteiger partial charge is 0.411 e. The second-order valence-corrected chi connectivity index (χ2v) is 7.28. The molecule has 0 aromatic heterocycles. The molecule has 2 N–H and O–H groups in total. The lowest BCUT2D eigenvalue weighted by Gasteiger charge is -2.42. The number of hydrogen-bond acceptors (Lipinski definition) is 2. The van der Waals surface area contributed by atoms with E-state index in [1.165, 1.54) is 21.6 Å². The van der Waals surface area contributed by atoms with Crippen molar-refractivity contribution >= 4 is 5.71 Å². The van der Waals surface area contributed by atoms with E-state index in [1.54, 1.807) is 0 Å². The first-order valence-corrected chi connectivity index (χ1v) is 9.48. The van der Waals surface area contributed by atoms with E-state index in [1.807, 2.05) is 12.1 Å². The van der Waals surface area contributed by atoms with Crippen LogP contribution < -0.4 is 4.90 Å². The molecule has 0 radical (unpaired) electrons. The maximum Gasteiger partial charge on any atom is 0.126 e. The first-order valence-electron chi connectivity index (χ1n) is 9.48. The number of quaternary nitrogens is 1. The summed E-state index contributed by atoms with van der Waals surface area (Å²) in [5.41, 5.74) is 4.61. The van der Waals surface area contributed by atoms with Gasteiger partial charge in [-0.25, -0.2) is 0 Å². The molecule has 1 aliphatic rings. The molecule has 1 fully saturated rings. The van der Waals surface area contributed by atoms with Crippen LogP contribution in [-0.4, -0.2) is 18.0 Å². The van der Waals surface area contributed by atoms with Crippen molar-refractivity contribution in [2.45, 2.75) is 24.4 Å². The monoisotopic (exact) mass is 357 g/mol. The van der Waals surface area contributed by atoms with Gasteiger partial charge in [0.1, 0.15) is 12.1 Å². The summed E-state index contributed by atoms with van der Waals surface area (Å²) in [5, 5.41) is 13.7. The predicted molar refractivity (Wildman–Crippen MR) is 108 cm³/mol. The van der Waals surface area contributed by atoms with E-state index in [-0.39, 0.29) is 18.0 Å². The molecule has 3 heteroatoms. The fourth-order valence-corrected chi connectivity index (χ4v) is 4.50. The van der Waals surface area contributed by atoms with Crippen LogP contribution in [0.2, 0.25) is 0 Å². The van der Waals surface area contributed by atoms with Crippen LogP contribution in [0.15, 0.2) is 96.2 Å². The minimum atomic E-state index is 0.0542. The van der Waals surface area contributed by atoms with E-state index in [9.17, 15) is 5.21 Å². The van der Waals surface area contributed by atoms with Crippen molar-refractivity contribution in [2.75, 3.05) is 7.05 Å². The van der Waals surface area contributed by atoms with Crippen molar-refractivity contribution in [3.63, 3.8) is 0 Å². The average Bonchev–Trinajstić information content (AvgIpc) is 2.75. The van der Waals surface area contributed by atoms with Crippen LogP contribution in [0.4, 0.5) is 0 Å². The van der Waals surface area contributed by atoms with E-state index in [0.29, 0.717) is 0 Å². The van der Waals surface area contributed by atoms with Gasteiger partial charge in [-0.3, -0.25) is 0 Å². The van der Waals surface area contributed by atoms with Crippen LogP contribution in [0.3, 0.4) is 0 Å². The highest BCUT2D eigenvalue weighted by molar-refractivity contribution is 5.92.